The summed E-state index contributed by atoms with van der Waals surface area (Å²) in [5.74, 6) is 0. The molecule has 0 fully saturated rings. The van der Waals surface area contributed by atoms with Gasteiger partial charge in [0, 0.05) is 131 Å². The van der Waals surface area contributed by atoms with Crippen molar-refractivity contribution >= 4 is 260 Å². The lowest BCUT2D eigenvalue weighted by Gasteiger charge is -2.21. The molecule has 142 heavy (non-hydrogen) atoms. The Morgan fingerprint density at radius 3 is 1.18 bits per heavy atom. The number of hydrogen-bond acceptors (Lipinski definition) is 15. The fraction of sp³-hybridized carbons (Fsp3) is 0.0709. The number of nitrogens with zero attached hydrogens (tertiary/aromatic N) is 6. The molecule has 17 aromatic carbocycles. The van der Waals surface area contributed by atoms with E-state index in [0.29, 0.717) is 0 Å². The second-order valence-electron chi connectivity index (χ2n) is 37.1. The van der Waals surface area contributed by atoms with Gasteiger partial charge in [0.2, 0.25) is 0 Å². The average molecular weight is 1980 g/mol. The number of benzene rings is 17. The van der Waals surface area contributed by atoms with Crippen LogP contribution in [-0.2, 0) is 5.41 Å². The predicted octanol–water partition coefficient (Wildman–Crippen LogP) is 39.6. The Balaban J connectivity index is 0.0000000879. The van der Waals surface area contributed by atoms with E-state index in [1.165, 1.54) is 262 Å². The van der Waals surface area contributed by atoms with E-state index in [9.17, 15) is 0 Å². The van der Waals surface area contributed by atoms with Crippen LogP contribution < -0.4 is 0 Å². The molecular weight excluding hydrogens is 1900 g/mol. The van der Waals surface area contributed by atoms with E-state index in [1.807, 2.05) is 68.0 Å². The smallest absolute Gasteiger partial charge is 0.108 e. The molecule has 12 aromatic heterocycles. The van der Waals surface area contributed by atoms with Crippen molar-refractivity contribution in [2.45, 2.75) is 60.8 Å². The minimum atomic E-state index is 0.0235. The maximum atomic E-state index is 4.68. The second-order valence-corrected chi connectivity index (χ2v) is 47.8. The summed E-state index contributed by atoms with van der Waals surface area (Å²) in [5.41, 5.74) is 24.7. The van der Waals surface area contributed by atoms with Crippen LogP contribution in [0.15, 0.2) is 377 Å². The number of aromatic nitrogens is 6. The summed E-state index contributed by atoms with van der Waals surface area (Å²) in [4.78, 5) is 43.1. The van der Waals surface area contributed by atoms with E-state index < -0.39 is 0 Å². The van der Waals surface area contributed by atoms with Crippen molar-refractivity contribution in [3.63, 3.8) is 0 Å². The van der Waals surface area contributed by atoms with Crippen molar-refractivity contribution in [2.24, 2.45) is 0 Å². The predicted molar refractivity (Wildman–Crippen MR) is 623 cm³/mol. The van der Waals surface area contributed by atoms with Gasteiger partial charge in [-0.15, -0.1) is 102 Å². The molecule has 0 N–H and O–H groups in total. The van der Waals surface area contributed by atoms with Gasteiger partial charge in [0.05, 0.1) is 14.6 Å². The summed E-state index contributed by atoms with van der Waals surface area (Å²) in [5, 5.41) is 23.8. The van der Waals surface area contributed by atoms with Gasteiger partial charge >= 0.3 is 0 Å². The zero-order valence-corrected chi connectivity index (χ0v) is 86.0. The maximum absolute atomic E-state index is 4.68. The molecule has 29 aromatic rings. The molecule has 2 aliphatic rings. The third kappa shape index (κ3) is 15.1. The van der Waals surface area contributed by atoms with Gasteiger partial charge < -0.3 is 0 Å². The molecule has 0 radical (unpaired) electrons. The third-order valence-corrected chi connectivity index (χ3v) is 38.1. The van der Waals surface area contributed by atoms with Gasteiger partial charge in [0.15, 0.2) is 0 Å². The summed E-state index contributed by atoms with van der Waals surface area (Å²) in [6, 6.07) is 124. The van der Waals surface area contributed by atoms with Gasteiger partial charge in [-0.3, -0.25) is 29.9 Å². The molecule has 31 rings (SSSR count). The number of hydrogen-bond donors (Lipinski definition) is 0. The van der Waals surface area contributed by atoms with E-state index in [4.69, 9.17) is 0 Å². The first-order chi connectivity index (χ1) is 69.6. The SMILES string of the molecule is Cc1cc2sc(-c3c4ccccc4cc4ccccc34)cc2s1.Cc1cc2sc(-c3ccc4ccccc4c3)cc2s1.Cc1cc2sc(-c3cccc4ccccc34)cc2s1.Cc1sc(-c2ccc3c(c2)C(C)(C)c2ccccc2-3)c2nccnc12.Cc1sc(-c2ccc3c4c(cccc24)-c2ccccc2-3)c2nccnc12.Cc1sc(-c2ccc3c4cccc5cccc(c6cccc2c63)c54)c2nccnc12. The first-order valence-corrected chi connectivity index (χ1v) is 54.9. The van der Waals surface area contributed by atoms with Crippen LogP contribution in [0.2, 0.25) is 0 Å². The monoisotopic (exact) mass is 1980 g/mol. The molecule has 678 valence electrons. The van der Waals surface area contributed by atoms with E-state index in [-0.39, 0.29) is 5.41 Å². The van der Waals surface area contributed by atoms with Gasteiger partial charge in [-0.1, -0.05) is 299 Å². The molecule has 0 bridgehead atoms. The molecule has 0 saturated carbocycles. The molecule has 15 heteroatoms. The third-order valence-electron chi connectivity index (χ3n) is 28.0. The zero-order chi connectivity index (χ0) is 95.3. The van der Waals surface area contributed by atoms with Gasteiger partial charge in [0.25, 0.3) is 0 Å². The Kier molecular flexibility index (Phi) is 22.0. The van der Waals surface area contributed by atoms with Crippen LogP contribution in [0.4, 0.5) is 0 Å². The molecule has 0 unspecified atom stereocenters. The summed E-state index contributed by atoms with van der Waals surface area (Å²) in [6.45, 7) is 17.6. The normalized spacial score (nSPS) is 12.3. The fourth-order valence-corrected chi connectivity index (χ4v) is 31.9. The summed E-state index contributed by atoms with van der Waals surface area (Å²) >= 11 is 16.7. The van der Waals surface area contributed by atoms with Crippen molar-refractivity contribution in [3.05, 3.63) is 417 Å². The number of thiophene rings is 9. The maximum Gasteiger partial charge on any atom is 0.108 e. The Labute approximate surface area is 856 Å². The zero-order valence-electron chi connectivity index (χ0n) is 78.7. The molecule has 12 heterocycles. The lowest BCUT2D eigenvalue weighted by atomic mass is 9.82. The van der Waals surface area contributed by atoms with Crippen LogP contribution in [0.25, 0.3) is 254 Å². The van der Waals surface area contributed by atoms with E-state index in [0.717, 1.165) is 33.1 Å². The number of fused-ring (bicyclic) bond motifs is 18. The molecule has 0 atom stereocenters. The molecule has 0 amide bonds. The minimum Gasteiger partial charge on any atom is -0.252 e. The summed E-state index contributed by atoms with van der Waals surface area (Å²) in [7, 11) is 0. The molecule has 0 saturated heterocycles. The lowest BCUT2D eigenvalue weighted by molar-refractivity contribution is 0.660. The number of rotatable bonds is 6. The Morgan fingerprint density at radius 2 is 0.570 bits per heavy atom. The Morgan fingerprint density at radius 1 is 0.197 bits per heavy atom. The number of aryl methyl sites for hydroxylation is 6. The Hall–Kier alpha value is -14.6. The van der Waals surface area contributed by atoms with Crippen molar-refractivity contribution in [1.82, 2.24) is 29.9 Å². The molecule has 0 aliphatic heterocycles. The van der Waals surface area contributed by atoms with E-state index in [2.05, 4.69) is 425 Å². The molecule has 6 nitrogen and oxygen atoms in total. The van der Waals surface area contributed by atoms with Crippen LogP contribution in [0.1, 0.15) is 54.2 Å². The molecular formula is C127H86N6S9. The highest BCUT2D eigenvalue weighted by Gasteiger charge is 2.36. The van der Waals surface area contributed by atoms with Gasteiger partial charge in [-0.05, 0) is 254 Å². The van der Waals surface area contributed by atoms with Crippen molar-refractivity contribution < 1.29 is 0 Å². The van der Waals surface area contributed by atoms with Crippen molar-refractivity contribution in [1.29, 1.82) is 0 Å². The lowest BCUT2D eigenvalue weighted by Crippen LogP contribution is -2.14. The largest absolute Gasteiger partial charge is 0.252 e. The van der Waals surface area contributed by atoms with Crippen molar-refractivity contribution in [3.8, 4) is 96.0 Å². The van der Waals surface area contributed by atoms with Crippen LogP contribution in [-0.4, -0.2) is 29.9 Å². The highest BCUT2D eigenvalue weighted by Crippen LogP contribution is 2.55. The van der Waals surface area contributed by atoms with Gasteiger partial charge in [0.1, 0.15) is 33.1 Å². The van der Waals surface area contributed by atoms with Crippen LogP contribution >= 0.6 is 102 Å². The Bertz CT molecular complexity index is 9880. The summed E-state index contributed by atoms with van der Waals surface area (Å²) in [6.07, 6.45) is 10.7. The quantitative estimate of drug-likeness (QED) is 0.122. The highest BCUT2D eigenvalue weighted by atomic mass is 32.1. The molecule has 2 aliphatic carbocycles. The standard InChI is InChI=1S/C27H16N2S.C23H14N2S.C22H18N2S.C21H14S2.2C17H12S2/c1-15-25-26(29-14-13-28-25)27(30-15)22-12-11-21-18-8-3-6-16-5-2-7-17(23(16)18)19-9-4-10-20(22)24(19)21;1-13-21-22(25-12-11-24-21)23(26-13)19-10-9-18-15-6-3-2-5-14(15)16-7-4-8-17(19)20(16)18;1-13-19-20(24-11-10-23-19)21(25-13)14-8-9-16-15-6-4-5-7-17(15)22(2,3)18(16)12-14;1-13-10-18-19(22-13)12-20(23-18)21-16-8-4-2-6-14(16)11-15-7-3-5-9-17(15)21;1-11-9-16-17(18-11)10-15(19-16)14-8-4-6-12-5-2-3-7-13(12)14;1-11-8-16-17(18-11)10-15(19-16)14-7-6-12-4-2-3-5-13(12)9-14/h2-14H,1H3;2-12H,1H3;4-12H,1-3H3;2-12H,1H3;2*2-10H,1H3. The highest BCUT2D eigenvalue weighted by molar-refractivity contribution is 7.31. The van der Waals surface area contributed by atoms with E-state index in [1.54, 1.807) is 71.2 Å². The topological polar surface area (TPSA) is 77.3 Å². The van der Waals surface area contributed by atoms with Crippen LogP contribution in [0, 0.1) is 41.5 Å². The second kappa shape index (κ2) is 35.6. The fourth-order valence-electron chi connectivity index (χ4n) is 21.6. The summed E-state index contributed by atoms with van der Waals surface area (Å²) < 4.78 is 8.44. The first kappa shape index (κ1) is 87.7. The first-order valence-electron chi connectivity index (χ1n) is 47.6. The van der Waals surface area contributed by atoms with Crippen molar-refractivity contribution in [2.75, 3.05) is 0 Å². The van der Waals surface area contributed by atoms with Crippen LogP contribution in [0.3, 0.4) is 0 Å². The van der Waals surface area contributed by atoms with Crippen LogP contribution in [0.5, 0.6) is 0 Å². The van der Waals surface area contributed by atoms with E-state index >= 15 is 0 Å². The average Bonchev–Trinajstić information content (AvgIpc) is 0.854. The van der Waals surface area contributed by atoms with Gasteiger partial charge in [-0.2, -0.15) is 0 Å². The minimum absolute atomic E-state index is 0.0235. The van der Waals surface area contributed by atoms with Gasteiger partial charge in [-0.25, -0.2) is 0 Å². The molecule has 0 spiro atoms.